The van der Waals surface area contributed by atoms with Crippen LogP contribution in [-0.4, -0.2) is 33.7 Å². The number of rotatable bonds is 3. The molecular weight excluding hydrogens is 274 g/mol. The fourth-order valence-electron chi connectivity index (χ4n) is 3.46. The Morgan fingerprint density at radius 2 is 2.00 bits per heavy atom. The second kappa shape index (κ2) is 5.59. The molecule has 0 radical (unpaired) electrons. The summed E-state index contributed by atoms with van der Waals surface area (Å²) in [5, 5.41) is 4.21. The van der Waals surface area contributed by atoms with Crippen molar-refractivity contribution in [3.63, 3.8) is 0 Å². The molecule has 116 valence electrons. The van der Waals surface area contributed by atoms with Crippen LogP contribution in [0.4, 0.5) is 0 Å². The molecule has 0 saturated carbocycles. The summed E-state index contributed by atoms with van der Waals surface area (Å²) in [4.78, 5) is 14.8. The highest BCUT2D eigenvalue weighted by atomic mass is 16.2. The number of carbonyl (C=O) groups excluding carboxylic acids is 1. The highest BCUT2D eigenvalue weighted by molar-refractivity contribution is 5.92. The molecule has 4 nitrogen and oxygen atoms in total. The molecule has 1 fully saturated rings. The van der Waals surface area contributed by atoms with Crippen molar-refractivity contribution < 1.29 is 4.79 Å². The summed E-state index contributed by atoms with van der Waals surface area (Å²) >= 11 is 0. The third-order valence-electron chi connectivity index (χ3n) is 4.67. The molecule has 1 atom stereocenters. The third-order valence-corrected chi connectivity index (χ3v) is 4.67. The van der Waals surface area contributed by atoms with Crippen LogP contribution in [0.2, 0.25) is 0 Å². The molecule has 1 amide bonds. The van der Waals surface area contributed by atoms with E-state index in [-0.39, 0.29) is 11.3 Å². The first kappa shape index (κ1) is 14.8. The molecular formula is C18H23N3O. The van der Waals surface area contributed by atoms with Crippen molar-refractivity contribution in [1.29, 1.82) is 0 Å². The number of aryl methyl sites for hydroxylation is 1. The molecule has 1 aliphatic rings. The average Bonchev–Trinajstić information content (AvgIpc) is 3.11. The minimum atomic E-state index is 0.0775. The number of hydrogen-bond donors (Lipinski definition) is 0. The van der Waals surface area contributed by atoms with E-state index in [0.717, 1.165) is 13.1 Å². The topological polar surface area (TPSA) is 38.1 Å². The number of hydrogen-bond acceptors (Lipinski definition) is 2. The Balaban J connectivity index is 1.85. The van der Waals surface area contributed by atoms with Crippen LogP contribution in [0, 0.1) is 5.41 Å². The summed E-state index contributed by atoms with van der Waals surface area (Å²) in [5.74, 6) is 0.460. The van der Waals surface area contributed by atoms with Crippen LogP contribution in [0.15, 0.2) is 42.6 Å². The van der Waals surface area contributed by atoms with E-state index in [1.54, 1.807) is 10.9 Å². The lowest BCUT2D eigenvalue weighted by atomic mass is 9.78. The van der Waals surface area contributed by atoms with E-state index in [4.69, 9.17) is 0 Å². The maximum absolute atomic E-state index is 12.8. The van der Waals surface area contributed by atoms with Gasteiger partial charge < -0.3 is 4.90 Å². The Bertz CT molecular complexity index is 660. The van der Waals surface area contributed by atoms with Crippen molar-refractivity contribution in [2.75, 3.05) is 13.1 Å². The number of likely N-dealkylation sites (tertiary alicyclic amines) is 1. The van der Waals surface area contributed by atoms with Crippen molar-refractivity contribution in [1.82, 2.24) is 14.7 Å². The van der Waals surface area contributed by atoms with Crippen LogP contribution < -0.4 is 0 Å². The van der Waals surface area contributed by atoms with Crippen molar-refractivity contribution in [2.24, 2.45) is 5.41 Å². The van der Waals surface area contributed by atoms with Gasteiger partial charge in [0.1, 0.15) is 5.69 Å². The summed E-state index contributed by atoms with van der Waals surface area (Å²) in [7, 11) is 0. The minimum absolute atomic E-state index is 0.0775. The maximum atomic E-state index is 12.8. The second-order valence-electron chi connectivity index (χ2n) is 6.67. The smallest absolute Gasteiger partial charge is 0.272 e. The number of nitrogens with zero attached hydrogens (tertiary/aromatic N) is 3. The zero-order chi connectivity index (χ0) is 15.7. The van der Waals surface area contributed by atoms with Gasteiger partial charge in [0, 0.05) is 31.7 Å². The summed E-state index contributed by atoms with van der Waals surface area (Å²) in [6, 6.07) is 12.3. The van der Waals surface area contributed by atoms with E-state index in [1.165, 1.54) is 5.56 Å². The van der Waals surface area contributed by atoms with Crippen LogP contribution in [0.5, 0.6) is 0 Å². The molecule has 0 N–H and O–H groups in total. The molecule has 4 heteroatoms. The quantitative estimate of drug-likeness (QED) is 0.872. The van der Waals surface area contributed by atoms with Crippen molar-refractivity contribution in [3.05, 3.63) is 53.9 Å². The highest BCUT2D eigenvalue weighted by Gasteiger charge is 2.42. The predicted octanol–water partition coefficient (Wildman–Crippen LogP) is 3.17. The molecule has 1 aromatic heterocycles. The molecule has 1 saturated heterocycles. The van der Waals surface area contributed by atoms with E-state index < -0.39 is 0 Å². The monoisotopic (exact) mass is 297 g/mol. The number of benzene rings is 1. The van der Waals surface area contributed by atoms with Crippen LogP contribution >= 0.6 is 0 Å². The van der Waals surface area contributed by atoms with Gasteiger partial charge in [-0.1, -0.05) is 44.2 Å². The van der Waals surface area contributed by atoms with Gasteiger partial charge in [0.2, 0.25) is 0 Å². The third kappa shape index (κ3) is 2.54. The lowest BCUT2D eigenvalue weighted by Gasteiger charge is -2.25. The minimum Gasteiger partial charge on any atom is -0.336 e. The van der Waals surface area contributed by atoms with E-state index in [2.05, 4.69) is 43.2 Å². The Hall–Kier alpha value is -2.10. The van der Waals surface area contributed by atoms with E-state index in [9.17, 15) is 4.79 Å². The van der Waals surface area contributed by atoms with Gasteiger partial charge in [-0.25, -0.2) is 0 Å². The van der Waals surface area contributed by atoms with Crippen LogP contribution in [0.1, 0.15) is 42.7 Å². The van der Waals surface area contributed by atoms with Gasteiger partial charge in [0.05, 0.1) is 0 Å². The van der Waals surface area contributed by atoms with Crippen molar-refractivity contribution >= 4 is 5.91 Å². The maximum Gasteiger partial charge on any atom is 0.272 e. The molecule has 3 rings (SSSR count). The SMILES string of the molecule is CCn1nccc1C(=O)N1C[C@@H](c2ccccc2)C(C)(C)C1. The summed E-state index contributed by atoms with van der Waals surface area (Å²) in [6.07, 6.45) is 1.70. The first-order valence-corrected chi connectivity index (χ1v) is 7.89. The highest BCUT2D eigenvalue weighted by Crippen LogP contribution is 2.42. The number of carbonyl (C=O) groups is 1. The first-order chi connectivity index (χ1) is 10.5. The molecule has 0 unspecified atom stereocenters. The molecule has 22 heavy (non-hydrogen) atoms. The van der Waals surface area contributed by atoms with Crippen LogP contribution in [-0.2, 0) is 6.54 Å². The summed E-state index contributed by atoms with van der Waals surface area (Å²) in [5.41, 5.74) is 2.08. The van der Waals surface area contributed by atoms with Gasteiger partial charge in [-0.05, 0) is 24.0 Å². The molecule has 2 aromatic rings. The van der Waals surface area contributed by atoms with Gasteiger partial charge in [-0.3, -0.25) is 9.48 Å². The summed E-state index contributed by atoms with van der Waals surface area (Å²) in [6.45, 7) is 8.76. The van der Waals surface area contributed by atoms with Gasteiger partial charge in [-0.2, -0.15) is 5.10 Å². The lowest BCUT2D eigenvalue weighted by Crippen LogP contribution is -2.31. The van der Waals surface area contributed by atoms with Crippen LogP contribution in [0.25, 0.3) is 0 Å². The Kier molecular flexibility index (Phi) is 3.77. The lowest BCUT2D eigenvalue weighted by molar-refractivity contribution is 0.0765. The number of aromatic nitrogens is 2. The Morgan fingerprint density at radius 3 is 2.68 bits per heavy atom. The summed E-state index contributed by atoms with van der Waals surface area (Å²) < 4.78 is 1.77. The molecule has 1 aromatic carbocycles. The van der Waals surface area contributed by atoms with Gasteiger partial charge in [0.25, 0.3) is 5.91 Å². The van der Waals surface area contributed by atoms with E-state index in [0.29, 0.717) is 18.2 Å². The zero-order valence-electron chi connectivity index (χ0n) is 13.5. The molecule has 0 spiro atoms. The Morgan fingerprint density at radius 1 is 1.27 bits per heavy atom. The normalized spacial score (nSPS) is 20.3. The number of amides is 1. The zero-order valence-corrected chi connectivity index (χ0v) is 13.5. The van der Waals surface area contributed by atoms with Crippen molar-refractivity contribution in [2.45, 2.75) is 33.2 Å². The largest absolute Gasteiger partial charge is 0.336 e. The first-order valence-electron chi connectivity index (χ1n) is 7.89. The van der Waals surface area contributed by atoms with Gasteiger partial charge in [-0.15, -0.1) is 0 Å². The van der Waals surface area contributed by atoms with E-state index in [1.807, 2.05) is 24.0 Å². The second-order valence-corrected chi connectivity index (χ2v) is 6.67. The average molecular weight is 297 g/mol. The van der Waals surface area contributed by atoms with Gasteiger partial charge >= 0.3 is 0 Å². The van der Waals surface area contributed by atoms with E-state index >= 15 is 0 Å². The van der Waals surface area contributed by atoms with Gasteiger partial charge in [0.15, 0.2) is 0 Å². The van der Waals surface area contributed by atoms with Crippen molar-refractivity contribution in [3.8, 4) is 0 Å². The standard InChI is InChI=1S/C18H23N3O/c1-4-21-16(10-11-19-21)17(22)20-12-15(18(2,3)13-20)14-8-6-5-7-9-14/h5-11,15H,4,12-13H2,1-3H3/t15-/m0/s1. The Labute approximate surface area is 131 Å². The fraction of sp³-hybridized carbons (Fsp3) is 0.444. The molecule has 0 aliphatic carbocycles. The molecule has 2 heterocycles. The van der Waals surface area contributed by atoms with Crippen LogP contribution in [0.3, 0.4) is 0 Å². The molecule has 0 bridgehead atoms. The predicted molar refractivity (Wildman–Crippen MR) is 86.8 cm³/mol. The fourth-order valence-corrected chi connectivity index (χ4v) is 3.46. The molecule has 1 aliphatic heterocycles.